The summed E-state index contributed by atoms with van der Waals surface area (Å²) in [7, 11) is 0. The molecule has 4 heteroatoms. The van der Waals surface area contributed by atoms with Crippen LogP contribution in [0.1, 0.15) is 0 Å². The Morgan fingerprint density at radius 3 is 2.50 bits per heavy atom. The molecule has 0 aliphatic heterocycles. The summed E-state index contributed by atoms with van der Waals surface area (Å²) in [5.74, 6) is 0. The van der Waals surface area contributed by atoms with E-state index >= 15 is 0 Å². The molecule has 2 heterocycles. The van der Waals surface area contributed by atoms with E-state index in [0.717, 1.165) is 21.8 Å². The Morgan fingerprint density at radius 2 is 1.69 bits per heavy atom. The van der Waals surface area contributed by atoms with Crippen molar-refractivity contribution in [3.63, 3.8) is 0 Å². The van der Waals surface area contributed by atoms with Crippen LogP contribution in [0.3, 0.4) is 0 Å². The zero-order chi connectivity index (χ0) is 11.0. The van der Waals surface area contributed by atoms with Gasteiger partial charge in [0, 0.05) is 11.2 Å². The standard InChI is InChI=1S/C12H8ClN3/c13-11-4-1-9(2-5-11)10-3-6-12-15-14-8-16(12)7-10/h1-8H. The Morgan fingerprint density at radius 1 is 0.938 bits per heavy atom. The highest BCUT2D eigenvalue weighted by atomic mass is 35.5. The average Bonchev–Trinajstić information content (AvgIpc) is 2.77. The average molecular weight is 230 g/mol. The Bertz CT molecular complexity index is 628. The van der Waals surface area contributed by atoms with E-state index in [1.54, 1.807) is 6.33 Å². The topological polar surface area (TPSA) is 30.2 Å². The first-order valence-electron chi connectivity index (χ1n) is 4.88. The summed E-state index contributed by atoms with van der Waals surface area (Å²) in [6.07, 6.45) is 3.69. The van der Waals surface area contributed by atoms with Gasteiger partial charge < -0.3 is 0 Å². The molecular formula is C12H8ClN3. The van der Waals surface area contributed by atoms with E-state index in [1.165, 1.54) is 0 Å². The number of aromatic nitrogens is 3. The number of fused-ring (bicyclic) bond motifs is 1. The van der Waals surface area contributed by atoms with Crippen LogP contribution in [0.4, 0.5) is 0 Å². The number of hydrogen-bond donors (Lipinski definition) is 0. The monoisotopic (exact) mass is 229 g/mol. The summed E-state index contributed by atoms with van der Waals surface area (Å²) >= 11 is 5.85. The van der Waals surface area contributed by atoms with Gasteiger partial charge in [0.15, 0.2) is 5.65 Å². The molecule has 0 fully saturated rings. The van der Waals surface area contributed by atoms with Crippen LogP contribution in [-0.4, -0.2) is 14.6 Å². The molecule has 0 bridgehead atoms. The summed E-state index contributed by atoms with van der Waals surface area (Å²) in [6, 6.07) is 11.7. The smallest absolute Gasteiger partial charge is 0.160 e. The molecule has 1 aromatic carbocycles. The zero-order valence-electron chi connectivity index (χ0n) is 8.34. The lowest BCUT2D eigenvalue weighted by Crippen LogP contribution is -1.85. The predicted molar refractivity (Wildman–Crippen MR) is 63.4 cm³/mol. The van der Waals surface area contributed by atoms with Crippen molar-refractivity contribution >= 4 is 17.2 Å². The van der Waals surface area contributed by atoms with Crippen molar-refractivity contribution in [2.75, 3.05) is 0 Å². The molecule has 16 heavy (non-hydrogen) atoms. The number of benzene rings is 1. The summed E-state index contributed by atoms with van der Waals surface area (Å²) in [6.45, 7) is 0. The minimum atomic E-state index is 0.745. The maximum absolute atomic E-state index is 5.85. The molecular weight excluding hydrogens is 222 g/mol. The third-order valence-electron chi connectivity index (χ3n) is 2.47. The summed E-state index contributed by atoms with van der Waals surface area (Å²) in [4.78, 5) is 0. The summed E-state index contributed by atoms with van der Waals surface area (Å²) < 4.78 is 1.89. The Labute approximate surface area is 97.3 Å². The van der Waals surface area contributed by atoms with Gasteiger partial charge >= 0.3 is 0 Å². The van der Waals surface area contributed by atoms with Crippen LogP contribution in [0, 0.1) is 0 Å². The summed E-state index contributed by atoms with van der Waals surface area (Å²) in [5, 5.41) is 8.55. The van der Waals surface area contributed by atoms with Crippen LogP contribution in [0.5, 0.6) is 0 Å². The zero-order valence-corrected chi connectivity index (χ0v) is 9.09. The largest absolute Gasteiger partial charge is 0.288 e. The number of hydrogen-bond acceptors (Lipinski definition) is 2. The molecule has 0 radical (unpaired) electrons. The lowest BCUT2D eigenvalue weighted by molar-refractivity contribution is 1.10. The molecule has 0 aliphatic rings. The molecule has 0 N–H and O–H groups in total. The van der Waals surface area contributed by atoms with E-state index in [2.05, 4.69) is 10.2 Å². The lowest BCUT2D eigenvalue weighted by Gasteiger charge is -2.02. The highest BCUT2D eigenvalue weighted by Gasteiger charge is 2.00. The maximum Gasteiger partial charge on any atom is 0.160 e. The fraction of sp³-hybridized carbons (Fsp3) is 0. The van der Waals surface area contributed by atoms with Gasteiger partial charge in [0.1, 0.15) is 6.33 Å². The van der Waals surface area contributed by atoms with E-state index in [1.807, 2.05) is 47.0 Å². The van der Waals surface area contributed by atoms with Crippen molar-refractivity contribution in [1.82, 2.24) is 14.6 Å². The second-order valence-electron chi connectivity index (χ2n) is 3.52. The molecule has 3 aromatic rings. The first-order valence-corrected chi connectivity index (χ1v) is 5.26. The molecule has 0 saturated heterocycles. The molecule has 3 nitrogen and oxygen atoms in total. The van der Waals surface area contributed by atoms with Crippen molar-refractivity contribution < 1.29 is 0 Å². The van der Waals surface area contributed by atoms with Gasteiger partial charge in [-0.2, -0.15) is 0 Å². The van der Waals surface area contributed by atoms with Crippen LogP contribution in [0.2, 0.25) is 5.02 Å². The van der Waals surface area contributed by atoms with E-state index in [-0.39, 0.29) is 0 Å². The van der Waals surface area contributed by atoms with Crippen LogP contribution < -0.4 is 0 Å². The first-order chi connectivity index (χ1) is 7.83. The Kier molecular flexibility index (Phi) is 2.11. The maximum atomic E-state index is 5.85. The van der Waals surface area contributed by atoms with Crippen molar-refractivity contribution in [3.8, 4) is 11.1 Å². The predicted octanol–water partition coefficient (Wildman–Crippen LogP) is 3.05. The van der Waals surface area contributed by atoms with Crippen LogP contribution >= 0.6 is 11.6 Å². The molecule has 0 atom stereocenters. The number of halogens is 1. The van der Waals surface area contributed by atoms with E-state index in [9.17, 15) is 0 Å². The minimum Gasteiger partial charge on any atom is -0.288 e. The van der Waals surface area contributed by atoms with Crippen molar-refractivity contribution in [2.45, 2.75) is 0 Å². The van der Waals surface area contributed by atoms with Crippen molar-refractivity contribution in [2.24, 2.45) is 0 Å². The highest BCUT2D eigenvalue weighted by molar-refractivity contribution is 6.30. The number of nitrogens with zero attached hydrogens (tertiary/aromatic N) is 3. The van der Waals surface area contributed by atoms with Gasteiger partial charge in [0.25, 0.3) is 0 Å². The van der Waals surface area contributed by atoms with Gasteiger partial charge in [-0.25, -0.2) is 0 Å². The first kappa shape index (κ1) is 9.36. The van der Waals surface area contributed by atoms with Crippen molar-refractivity contribution in [3.05, 3.63) is 53.9 Å². The Balaban J connectivity index is 2.14. The van der Waals surface area contributed by atoms with Gasteiger partial charge in [0.05, 0.1) is 0 Å². The van der Waals surface area contributed by atoms with Gasteiger partial charge in [-0.05, 0) is 35.4 Å². The fourth-order valence-corrected chi connectivity index (χ4v) is 1.77. The third kappa shape index (κ3) is 1.55. The third-order valence-corrected chi connectivity index (χ3v) is 2.72. The second kappa shape index (κ2) is 3.61. The molecule has 0 unspecified atom stereocenters. The minimum absolute atomic E-state index is 0.745. The van der Waals surface area contributed by atoms with Gasteiger partial charge in [-0.1, -0.05) is 23.7 Å². The van der Waals surface area contributed by atoms with E-state index < -0.39 is 0 Å². The van der Waals surface area contributed by atoms with Crippen LogP contribution in [-0.2, 0) is 0 Å². The second-order valence-corrected chi connectivity index (χ2v) is 3.96. The molecule has 3 rings (SSSR count). The lowest BCUT2D eigenvalue weighted by atomic mass is 10.1. The van der Waals surface area contributed by atoms with Gasteiger partial charge in [-0.15, -0.1) is 10.2 Å². The molecule has 0 spiro atoms. The van der Waals surface area contributed by atoms with Crippen molar-refractivity contribution in [1.29, 1.82) is 0 Å². The fourth-order valence-electron chi connectivity index (χ4n) is 1.64. The molecule has 78 valence electrons. The normalized spacial score (nSPS) is 10.8. The van der Waals surface area contributed by atoms with Gasteiger partial charge in [0.2, 0.25) is 0 Å². The van der Waals surface area contributed by atoms with Crippen LogP contribution in [0.15, 0.2) is 48.9 Å². The number of rotatable bonds is 1. The number of pyridine rings is 1. The van der Waals surface area contributed by atoms with E-state index in [4.69, 9.17) is 11.6 Å². The van der Waals surface area contributed by atoms with E-state index in [0.29, 0.717) is 0 Å². The molecule has 0 aliphatic carbocycles. The van der Waals surface area contributed by atoms with Crippen LogP contribution in [0.25, 0.3) is 16.8 Å². The van der Waals surface area contributed by atoms with Gasteiger partial charge in [-0.3, -0.25) is 4.40 Å². The Hall–Kier alpha value is -1.87. The quantitative estimate of drug-likeness (QED) is 0.642. The molecule has 0 saturated carbocycles. The summed E-state index contributed by atoms with van der Waals surface area (Å²) in [5.41, 5.74) is 3.08. The SMILES string of the molecule is Clc1ccc(-c2ccc3nncn3c2)cc1. The highest BCUT2D eigenvalue weighted by Crippen LogP contribution is 2.21. The molecule has 2 aromatic heterocycles. The molecule has 0 amide bonds.